The minimum absolute atomic E-state index is 0.0170. The Morgan fingerprint density at radius 3 is 2.16 bits per heavy atom. The van der Waals surface area contributed by atoms with E-state index >= 15 is 0 Å². The molecule has 1 aliphatic rings. The molecule has 0 unspecified atom stereocenters. The number of benzene rings is 3. The van der Waals surface area contributed by atoms with Crippen molar-refractivity contribution < 1.29 is 23.1 Å². The molecule has 1 heterocycles. The zero-order valence-electron chi connectivity index (χ0n) is 20.4. The third-order valence-corrected chi connectivity index (χ3v) is 6.87. The fourth-order valence-electron chi connectivity index (χ4n) is 4.38. The Balaban J connectivity index is 1.47. The summed E-state index contributed by atoms with van der Waals surface area (Å²) in [6, 6.07) is 22.4. The summed E-state index contributed by atoms with van der Waals surface area (Å²) < 4.78 is 39.3. The van der Waals surface area contributed by atoms with Gasteiger partial charge in [-0.05, 0) is 54.3 Å². The minimum atomic E-state index is -4.82. The summed E-state index contributed by atoms with van der Waals surface area (Å²) in [5.74, 6) is -0.217. The number of carbonyl (C=O) groups is 1. The van der Waals surface area contributed by atoms with E-state index in [0.717, 1.165) is 5.56 Å². The SMILES string of the molecule is N=C(/C=C(\Nc1ccccc1Cl)c1ccc(C(=O)N2CCC(O)(Cc3ccccc3)CC2)cc1)C(F)(F)F. The third kappa shape index (κ3) is 6.82. The second-order valence-corrected chi connectivity index (χ2v) is 9.74. The number of hydrogen-bond acceptors (Lipinski definition) is 4. The van der Waals surface area contributed by atoms with Crippen LogP contribution in [0.3, 0.4) is 0 Å². The summed E-state index contributed by atoms with van der Waals surface area (Å²) in [6.45, 7) is 0.789. The molecule has 3 N–H and O–H groups in total. The number of hydrogen-bond donors (Lipinski definition) is 3. The van der Waals surface area contributed by atoms with E-state index in [-0.39, 0.29) is 11.6 Å². The van der Waals surface area contributed by atoms with Gasteiger partial charge in [0.25, 0.3) is 5.91 Å². The molecule has 0 aromatic heterocycles. The largest absolute Gasteiger partial charge is 0.432 e. The van der Waals surface area contributed by atoms with Gasteiger partial charge in [-0.1, -0.05) is 66.2 Å². The highest BCUT2D eigenvalue weighted by molar-refractivity contribution is 6.33. The van der Waals surface area contributed by atoms with Crippen LogP contribution < -0.4 is 5.32 Å². The molecule has 1 saturated heterocycles. The van der Waals surface area contributed by atoms with Gasteiger partial charge in [0.2, 0.25) is 0 Å². The van der Waals surface area contributed by atoms with Crippen LogP contribution in [0.15, 0.2) is 84.9 Å². The zero-order valence-corrected chi connectivity index (χ0v) is 21.2. The molecule has 1 aliphatic heterocycles. The fourth-order valence-corrected chi connectivity index (χ4v) is 4.56. The van der Waals surface area contributed by atoms with Crippen LogP contribution in [0.5, 0.6) is 0 Å². The minimum Gasteiger partial charge on any atom is -0.389 e. The molecule has 3 aromatic rings. The van der Waals surface area contributed by atoms with E-state index < -0.39 is 17.5 Å². The van der Waals surface area contributed by atoms with Gasteiger partial charge in [-0.15, -0.1) is 0 Å². The molecule has 0 spiro atoms. The number of nitrogens with zero attached hydrogens (tertiary/aromatic N) is 1. The van der Waals surface area contributed by atoms with Gasteiger partial charge in [-0.3, -0.25) is 10.2 Å². The lowest BCUT2D eigenvalue weighted by atomic mass is 9.85. The lowest BCUT2D eigenvalue weighted by Gasteiger charge is -2.38. The molecular weight excluding hydrogens is 515 g/mol. The quantitative estimate of drug-likeness (QED) is 0.296. The van der Waals surface area contributed by atoms with Gasteiger partial charge in [0.1, 0.15) is 5.71 Å². The van der Waals surface area contributed by atoms with Gasteiger partial charge in [0.05, 0.1) is 16.3 Å². The van der Waals surface area contributed by atoms with Crippen LogP contribution in [0.1, 0.15) is 34.3 Å². The molecule has 0 aliphatic carbocycles. The van der Waals surface area contributed by atoms with Crippen molar-refractivity contribution in [2.45, 2.75) is 31.0 Å². The average molecular weight is 542 g/mol. The van der Waals surface area contributed by atoms with Crippen LogP contribution in [0, 0.1) is 5.41 Å². The molecule has 0 radical (unpaired) electrons. The number of carbonyl (C=O) groups excluding carboxylic acids is 1. The molecule has 5 nitrogen and oxygen atoms in total. The van der Waals surface area contributed by atoms with Crippen molar-refractivity contribution in [1.82, 2.24) is 4.90 Å². The molecule has 0 bridgehead atoms. The standard InChI is InChI=1S/C29H27ClF3N3O2/c30-23-8-4-5-9-24(23)35-25(18-26(34)29(31,32)33)21-10-12-22(13-11-21)27(37)36-16-14-28(38,15-17-36)19-20-6-2-1-3-7-20/h1-13,18,34-35,38H,14-17,19H2/b25-18-,34-26?. The highest BCUT2D eigenvalue weighted by Crippen LogP contribution is 2.29. The smallest absolute Gasteiger partial charge is 0.389 e. The van der Waals surface area contributed by atoms with Gasteiger partial charge in [-0.2, -0.15) is 13.2 Å². The predicted octanol–water partition coefficient (Wildman–Crippen LogP) is 6.58. The Morgan fingerprint density at radius 1 is 0.974 bits per heavy atom. The van der Waals surface area contributed by atoms with E-state index in [2.05, 4.69) is 5.32 Å². The molecule has 3 aromatic carbocycles. The summed E-state index contributed by atoms with van der Waals surface area (Å²) in [6.07, 6.45) is -2.72. The van der Waals surface area contributed by atoms with Crippen LogP contribution in [0.4, 0.5) is 18.9 Å². The van der Waals surface area contributed by atoms with Crippen molar-refractivity contribution in [2.24, 2.45) is 0 Å². The summed E-state index contributed by atoms with van der Waals surface area (Å²) in [4.78, 5) is 14.8. The van der Waals surface area contributed by atoms with Gasteiger partial charge in [0, 0.05) is 30.8 Å². The van der Waals surface area contributed by atoms with Crippen LogP contribution in [-0.2, 0) is 6.42 Å². The topological polar surface area (TPSA) is 76.4 Å². The maximum atomic E-state index is 13.1. The van der Waals surface area contributed by atoms with E-state index in [9.17, 15) is 23.1 Å². The number of piperidine rings is 1. The number of rotatable bonds is 7. The number of amides is 1. The van der Waals surface area contributed by atoms with Gasteiger partial charge < -0.3 is 15.3 Å². The maximum absolute atomic E-state index is 13.1. The average Bonchev–Trinajstić information content (AvgIpc) is 2.89. The number of nitrogens with one attached hydrogen (secondary N) is 2. The lowest BCUT2D eigenvalue weighted by molar-refractivity contribution is -0.0584. The molecule has 38 heavy (non-hydrogen) atoms. The maximum Gasteiger partial charge on any atom is 0.432 e. The van der Waals surface area contributed by atoms with Crippen molar-refractivity contribution in [3.8, 4) is 0 Å². The molecule has 1 amide bonds. The van der Waals surface area contributed by atoms with Crippen molar-refractivity contribution in [1.29, 1.82) is 5.41 Å². The summed E-state index contributed by atoms with van der Waals surface area (Å²) >= 11 is 6.17. The summed E-state index contributed by atoms with van der Waals surface area (Å²) in [5.41, 5.74) is -0.233. The molecular formula is C29H27ClF3N3O2. The van der Waals surface area contributed by atoms with Crippen molar-refractivity contribution in [2.75, 3.05) is 18.4 Å². The molecule has 4 rings (SSSR count). The zero-order chi connectivity index (χ0) is 27.3. The molecule has 9 heteroatoms. The van der Waals surface area contributed by atoms with Crippen LogP contribution in [0.2, 0.25) is 5.02 Å². The monoisotopic (exact) mass is 541 g/mol. The number of halogens is 4. The number of para-hydroxylation sites is 1. The first kappa shape index (κ1) is 27.4. The van der Waals surface area contributed by atoms with Crippen molar-refractivity contribution >= 4 is 34.6 Å². The van der Waals surface area contributed by atoms with Crippen LogP contribution in [0.25, 0.3) is 5.70 Å². The van der Waals surface area contributed by atoms with E-state index in [4.69, 9.17) is 17.0 Å². The highest BCUT2D eigenvalue weighted by atomic mass is 35.5. The molecule has 0 saturated carbocycles. The first-order valence-electron chi connectivity index (χ1n) is 12.1. The summed E-state index contributed by atoms with van der Waals surface area (Å²) in [7, 11) is 0. The normalized spacial score (nSPS) is 15.7. The Kier molecular flexibility index (Phi) is 8.23. The van der Waals surface area contributed by atoms with E-state index in [1.165, 1.54) is 12.1 Å². The molecule has 1 fully saturated rings. The number of alkyl halides is 3. The Labute approximate surface area is 224 Å². The van der Waals surface area contributed by atoms with Gasteiger partial charge in [-0.25, -0.2) is 0 Å². The molecule has 0 atom stereocenters. The number of aliphatic hydroxyl groups is 1. The Morgan fingerprint density at radius 2 is 1.55 bits per heavy atom. The Hall–Kier alpha value is -3.62. The first-order valence-corrected chi connectivity index (χ1v) is 12.5. The third-order valence-electron chi connectivity index (χ3n) is 6.54. The fraction of sp³-hybridized carbons (Fsp3) is 0.241. The van der Waals surface area contributed by atoms with Crippen LogP contribution >= 0.6 is 11.6 Å². The first-order chi connectivity index (χ1) is 18.0. The Bertz CT molecular complexity index is 1320. The van der Waals surface area contributed by atoms with Crippen molar-refractivity contribution in [3.63, 3.8) is 0 Å². The van der Waals surface area contributed by atoms with E-state index in [1.807, 2.05) is 30.3 Å². The summed E-state index contributed by atoms with van der Waals surface area (Å²) in [5, 5.41) is 21.6. The second-order valence-electron chi connectivity index (χ2n) is 9.33. The second kappa shape index (κ2) is 11.4. The van der Waals surface area contributed by atoms with Crippen molar-refractivity contribution in [3.05, 3.63) is 107 Å². The number of anilines is 1. The van der Waals surface area contributed by atoms with E-state index in [1.54, 1.807) is 41.3 Å². The van der Waals surface area contributed by atoms with E-state index in [0.29, 0.717) is 60.3 Å². The number of allylic oxidation sites excluding steroid dienone is 1. The lowest BCUT2D eigenvalue weighted by Crippen LogP contribution is -2.47. The van der Waals surface area contributed by atoms with Gasteiger partial charge in [0.15, 0.2) is 0 Å². The van der Waals surface area contributed by atoms with Crippen LogP contribution in [-0.4, -0.2) is 46.5 Å². The van der Waals surface area contributed by atoms with Gasteiger partial charge >= 0.3 is 6.18 Å². The number of likely N-dealkylation sites (tertiary alicyclic amines) is 1. The predicted molar refractivity (Wildman–Crippen MR) is 144 cm³/mol. The highest BCUT2D eigenvalue weighted by Gasteiger charge is 2.35. The molecule has 198 valence electrons.